The fourth-order valence-electron chi connectivity index (χ4n) is 0.846. The second-order valence-electron chi connectivity index (χ2n) is 2.35. The lowest BCUT2D eigenvalue weighted by Crippen LogP contribution is -2.07. The van der Waals surface area contributed by atoms with Crippen molar-refractivity contribution in [3.8, 4) is 0 Å². The van der Waals surface area contributed by atoms with Crippen LogP contribution < -0.4 is 0 Å². The largest absolute Gasteiger partial charge is 0.478 e. The quantitative estimate of drug-likeness (QED) is 0.751. The number of aromatic carboxylic acids is 1. The van der Waals surface area contributed by atoms with Crippen LogP contribution in [0.15, 0.2) is 12.4 Å². The fraction of sp³-hybridized carbons (Fsp3) is 0.125. The van der Waals surface area contributed by atoms with E-state index in [1.54, 1.807) is 0 Å². The Bertz CT molecular complexity index is 391. The van der Waals surface area contributed by atoms with Gasteiger partial charge in [-0.1, -0.05) is 11.6 Å². The Labute approximate surface area is 84.3 Å². The molecule has 5 nitrogen and oxygen atoms in total. The Morgan fingerprint density at radius 1 is 1.43 bits per heavy atom. The molecular formula is C8H6ClNO4. The zero-order valence-corrected chi connectivity index (χ0v) is 7.91. The van der Waals surface area contributed by atoms with Crippen LogP contribution in [0.4, 0.5) is 0 Å². The molecule has 0 aliphatic rings. The van der Waals surface area contributed by atoms with E-state index >= 15 is 0 Å². The van der Waals surface area contributed by atoms with Gasteiger partial charge < -0.3 is 9.84 Å². The van der Waals surface area contributed by atoms with Gasteiger partial charge in [0.15, 0.2) is 0 Å². The van der Waals surface area contributed by atoms with Crippen molar-refractivity contribution in [2.24, 2.45) is 0 Å². The molecule has 6 heteroatoms. The van der Waals surface area contributed by atoms with Gasteiger partial charge in [0.25, 0.3) is 0 Å². The number of nitrogens with zero attached hydrogens (tertiary/aromatic N) is 1. The van der Waals surface area contributed by atoms with E-state index in [2.05, 4.69) is 9.72 Å². The van der Waals surface area contributed by atoms with Crippen molar-refractivity contribution in [2.45, 2.75) is 0 Å². The van der Waals surface area contributed by atoms with Crippen LogP contribution in [-0.4, -0.2) is 29.1 Å². The molecule has 0 radical (unpaired) electrons. The number of hydrogen-bond donors (Lipinski definition) is 1. The first-order chi connectivity index (χ1) is 6.57. The van der Waals surface area contributed by atoms with Crippen molar-refractivity contribution in [2.75, 3.05) is 7.11 Å². The van der Waals surface area contributed by atoms with Gasteiger partial charge in [0.05, 0.1) is 23.3 Å². The zero-order valence-electron chi connectivity index (χ0n) is 7.15. The maximum Gasteiger partial charge on any atom is 0.340 e. The van der Waals surface area contributed by atoms with Crippen molar-refractivity contribution >= 4 is 23.5 Å². The van der Waals surface area contributed by atoms with Crippen LogP contribution in [0.5, 0.6) is 0 Å². The highest BCUT2D eigenvalue weighted by molar-refractivity contribution is 6.36. The molecule has 0 bridgehead atoms. The molecule has 1 aromatic rings. The molecule has 0 atom stereocenters. The Hall–Kier alpha value is -1.62. The number of hydrogen-bond acceptors (Lipinski definition) is 4. The first-order valence-electron chi connectivity index (χ1n) is 3.53. The van der Waals surface area contributed by atoms with Crippen LogP contribution in [0.1, 0.15) is 20.7 Å². The lowest BCUT2D eigenvalue weighted by Gasteiger charge is -2.03. The SMILES string of the molecule is COC(=O)c1cncc(C(=O)O)c1Cl. The highest BCUT2D eigenvalue weighted by atomic mass is 35.5. The van der Waals surface area contributed by atoms with Gasteiger partial charge in [0.1, 0.15) is 0 Å². The summed E-state index contributed by atoms with van der Waals surface area (Å²) in [6, 6.07) is 0. The molecule has 0 fully saturated rings. The van der Waals surface area contributed by atoms with E-state index in [4.69, 9.17) is 16.7 Å². The van der Waals surface area contributed by atoms with E-state index in [9.17, 15) is 9.59 Å². The molecule has 0 spiro atoms. The van der Waals surface area contributed by atoms with Gasteiger partial charge in [-0.05, 0) is 0 Å². The van der Waals surface area contributed by atoms with Crippen molar-refractivity contribution in [1.29, 1.82) is 0 Å². The number of methoxy groups -OCH3 is 1. The molecule has 74 valence electrons. The first kappa shape index (κ1) is 10.5. The minimum absolute atomic E-state index is 0.0610. The van der Waals surface area contributed by atoms with Gasteiger partial charge >= 0.3 is 11.9 Å². The second kappa shape index (κ2) is 4.06. The Morgan fingerprint density at radius 3 is 2.50 bits per heavy atom. The average molecular weight is 216 g/mol. The lowest BCUT2D eigenvalue weighted by atomic mass is 10.2. The summed E-state index contributed by atoms with van der Waals surface area (Å²) in [6.07, 6.45) is 2.22. The van der Waals surface area contributed by atoms with Gasteiger partial charge in [0.2, 0.25) is 0 Å². The van der Waals surface area contributed by atoms with E-state index in [0.29, 0.717) is 0 Å². The van der Waals surface area contributed by atoms with Crippen molar-refractivity contribution in [1.82, 2.24) is 4.98 Å². The molecule has 1 heterocycles. The minimum atomic E-state index is -1.24. The molecule has 0 saturated carbocycles. The number of ether oxygens (including phenoxy) is 1. The minimum Gasteiger partial charge on any atom is -0.478 e. The maximum absolute atomic E-state index is 11.1. The third-order valence-corrected chi connectivity index (χ3v) is 1.92. The number of carboxylic acids is 1. The van der Waals surface area contributed by atoms with E-state index < -0.39 is 11.9 Å². The number of halogens is 1. The predicted octanol–water partition coefficient (Wildman–Crippen LogP) is 1.22. The highest BCUT2D eigenvalue weighted by Crippen LogP contribution is 2.20. The maximum atomic E-state index is 11.1. The molecule has 0 amide bonds. The second-order valence-corrected chi connectivity index (χ2v) is 2.72. The van der Waals surface area contributed by atoms with Gasteiger partial charge in [-0.15, -0.1) is 0 Å². The Kier molecular flexibility index (Phi) is 3.03. The molecule has 0 aromatic carbocycles. The summed E-state index contributed by atoms with van der Waals surface area (Å²) in [6.45, 7) is 0. The number of carboxylic acid groups (broad SMARTS) is 1. The highest BCUT2D eigenvalue weighted by Gasteiger charge is 2.17. The number of rotatable bonds is 2. The van der Waals surface area contributed by atoms with E-state index in [1.807, 2.05) is 0 Å². The standard InChI is InChI=1S/C8H6ClNO4/c1-14-8(13)5-3-10-2-4(6(5)9)7(11)12/h2-3H,1H3,(H,11,12). The third-order valence-electron chi connectivity index (χ3n) is 1.52. The topological polar surface area (TPSA) is 76.5 Å². The number of esters is 1. The first-order valence-corrected chi connectivity index (χ1v) is 3.90. The van der Waals surface area contributed by atoms with E-state index in [1.165, 1.54) is 7.11 Å². The van der Waals surface area contributed by atoms with E-state index in [-0.39, 0.29) is 16.1 Å². The van der Waals surface area contributed by atoms with Crippen LogP contribution in [0.2, 0.25) is 5.02 Å². The molecule has 14 heavy (non-hydrogen) atoms. The Morgan fingerprint density at radius 2 is 2.00 bits per heavy atom. The van der Waals surface area contributed by atoms with Crippen LogP contribution in [0.3, 0.4) is 0 Å². The Balaban J connectivity index is 3.27. The van der Waals surface area contributed by atoms with Crippen LogP contribution >= 0.6 is 11.6 Å². The monoisotopic (exact) mass is 215 g/mol. The van der Waals surface area contributed by atoms with Crippen molar-refractivity contribution in [3.05, 3.63) is 28.5 Å². The molecule has 1 rings (SSSR count). The normalized spacial score (nSPS) is 9.57. The third kappa shape index (κ3) is 1.82. The van der Waals surface area contributed by atoms with E-state index in [0.717, 1.165) is 12.4 Å². The van der Waals surface area contributed by atoms with Crippen LogP contribution in [0.25, 0.3) is 0 Å². The molecule has 1 N–H and O–H groups in total. The summed E-state index contributed by atoms with van der Waals surface area (Å²) >= 11 is 5.66. The fourth-order valence-corrected chi connectivity index (χ4v) is 1.10. The summed E-state index contributed by atoms with van der Waals surface area (Å²) < 4.78 is 4.40. The van der Waals surface area contributed by atoms with Gasteiger partial charge in [-0.2, -0.15) is 0 Å². The summed E-state index contributed by atoms with van der Waals surface area (Å²) in [4.78, 5) is 25.2. The van der Waals surface area contributed by atoms with Crippen LogP contribution in [0, 0.1) is 0 Å². The van der Waals surface area contributed by atoms with Gasteiger partial charge in [-0.3, -0.25) is 4.98 Å². The summed E-state index contributed by atoms with van der Waals surface area (Å²) in [5.74, 6) is -1.96. The molecule has 0 aliphatic carbocycles. The van der Waals surface area contributed by atoms with Crippen molar-refractivity contribution < 1.29 is 19.4 Å². The van der Waals surface area contributed by atoms with Gasteiger partial charge in [-0.25, -0.2) is 9.59 Å². The molecule has 0 aliphatic heterocycles. The average Bonchev–Trinajstić information content (AvgIpc) is 2.16. The summed E-state index contributed by atoms with van der Waals surface area (Å²) in [7, 11) is 1.17. The molecule has 1 aromatic heterocycles. The number of pyridine rings is 1. The smallest absolute Gasteiger partial charge is 0.340 e. The zero-order chi connectivity index (χ0) is 10.7. The molecule has 0 unspecified atom stereocenters. The number of carbonyl (C=O) groups excluding carboxylic acids is 1. The summed E-state index contributed by atoms with van der Waals surface area (Å²) in [5, 5.41) is 8.50. The predicted molar refractivity (Wildman–Crippen MR) is 47.5 cm³/mol. The van der Waals surface area contributed by atoms with Crippen LogP contribution in [-0.2, 0) is 4.74 Å². The summed E-state index contributed by atoms with van der Waals surface area (Å²) in [5.41, 5.74) is -0.288. The van der Waals surface area contributed by atoms with Crippen molar-refractivity contribution in [3.63, 3.8) is 0 Å². The lowest BCUT2D eigenvalue weighted by molar-refractivity contribution is 0.0600. The van der Waals surface area contributed by atoms with Gasteiger partial charge in [0, 0.05) is 12.4 Å². The molecular weight excluding hydrogens is 210 g/mol. The number of carbonyl (C=O) groups is 2. The number of aromatic nitrogens is 1. The molecule has 0 saturated heterocycles.